The first-order chi connectivity index (χ1) is 14.7. The highest BCUT2D eigenvalue weighted by Gasteiger charge is 2.13. The Morgan fingerprint density at radius 3 is 2.65 bits per heavy atom. The summed E-state index contributed by atoms with van der Waals surface area (Å²) in [6.45, 7) is 0. The lowest BCUT2D eigenvalue weighted by Gasteiger charge is -2.08. The summed E-state index contributed by atoms with van der Waals surface area (Å²) in [6.07, 6.45) is 2.56. The molecule has 0 radical (unpaired) electrons. The Labute approximate surface area is 190 Å². The number of nitrogens with one attached hydrogen (secondary N) is 2. The third kappa shape index (κ3) is 5.88. The lowest BCUT2D eigenvalue weighted by Crippen LogP contribution is -2.33. The Morgan fingerprint density at radius 1 is 1.16 bits per heavy atom. The molecule has 0 fully saturated rings. The fraction of sp³-hybridized carbons (Fsp3) is 0. The third-order valence-electron chi connectivity index (χ3n) is 3.87. The first-order valence-corrected chi connectivity index (χ1v) is 9.68. The van der Waals surface area contributed by atoms with Crippen molar-refractivity contribution in [1.29, 1.82) is 0 Å². The van der Waals surface area contributed by atoms with Gasteiger partial charge >= 0.3 is 0 Å². The fourth-order valence-electron chi connectivity index (χ4n) is 2.46. The zero-order valence-corrected chi connectivity index (χ0v) is 17.7. The molecule has 0 aliphatic heterocycles. The van der Waals surface area contributed by atoms with Crippen molar-refractivity contribution in [2.75, 3.05) is 5.32 Å². The van der Waals surface area contributed by atoms with Gasteiger partial charge < -0.3 is 9.73 Å². The van der Waals surface area contributed by atoms with Crippen LogP contribution in [-0.2, 0) is 4.79 Å². The topological polar surface area (TPSA) is 97.4 Å². The normalized spacial score (nSPS) is 10.8. The summed E-state index contributed by atoms with van der Waals surface area (Å²) in [6, 6.07) is 11.2. The van der Waals surface area contributed by atoms with Gasteiger partial charge in [0, 0.05) is 28.8 Å². The second-order valence-electron chi connectivity index (χ2n) is 6.02. The van der Waals surface area contributed by atoms with E-state index in [0.717, 1.165) is 24.3 Å². The highest BCUT2D eigenvalue weighted by molar-refractivity contribution is 7.80. The number of furan rings is 1. The lowest BCUT2D eigenvalue weighted by atomic mass is 10.2. The van der Waals surface area contributed by atoms with E-state index in [9.17, 15) is 19.3 Å². The number of nitro groups is 1. The average Bonchev–Trinajstić information content (AvgIpc) is 3.16. The van der Waals surface area contributed by atoms with Gasteiger partial charge in [0.05, 0.1) is 15.6 Å². The largest absolute Gasteiger partial charge is 0.457 e. The van der Waals surface area contributed by atoms with Crippen molar-refractivity contribution in [2.24, 2.45) is 0 Å². The first-order valence-electron chi connectivity index (χ1n) is 8.52. The zero-order valence-electron chi connectivity index (χ0n) is 15.4. The molecule has 0 saturated carbocycles. The van der Waals surface area contributed by atoms with E-state index in [4.69, 9.17) is 39.8 Å². The van der Waals surface area contributed by atoms with Crippen LogP contribution in [-0.4, -0.2) is 15.9 Å². The van der Waals surface area contributed by atoms with Gasteiger partial charge in [-0.05, 0) is 54.7 Å². The minimum absolute atomic E-state index is 0.234. The molecule has 0 unspecified atom stereocenters. The van der Waals surface area contributed by atoms with Crippen LogP contribution in [0.1, 0.15) is 5.76 Å². The number of halogens is 3. The molecule has 1 aromatic heterocycles. The Balaban J connectivity index is 1.62. The Hall–Kier alpha value is -3.27. The van der Waals surface area contributed by atoms with Gasteiger partial charge in [-0.1, -0.05) is 23.2 Å². The fourth-order valence-corrected chi connectivity index (χ4v) is 3.18. The number of hydrogen-bond donors (Lipinski definition) is 2. The van der Waals surface area contributed by atoms with Gasteiger partial charge in [-0.3, -0.25) is 20.2 Å². The Morgan fingerprint density at radius 2 is 1.94 bits per heavy atom. The van der Waals surface area contributed by atoms with Gasteiger partial charge in [-0.25, -0.2) is 4.39 Å². The quantitative estimate of drug-likeness (QED) is 0.207. The minimum atomic E-state index is -0.762. The summed E-state index contributed by atoms with van der Waals surface area (Å²) < 4.78 is 19.4. The SMILES string of the molecule is O=C(/C=C/c1ccc(-c2ccc(Cl)cc2Cl)o1)NC(=S)Nc1cc([N+](=O)[O-])ccc1F. The number of amides is 1. The second kappa shape index (κ2) is 9.69. The number of thiocarbonyl (C=S) groups is 1. The van der Waals surface area contributed by atoms with Gasteiger partial charge in [0.2, 0.25) is 5.91 Å². The minimum Gasteiger partial charge on any atom is -0.457 e. The summed E-state index contributed by atoms with van der Waals surface area (Å²) in [5, 5.41) is 16.2. The van der Waals surface area contributed by atoms with Gasteiger partial charge in [-0.2, -0.15) is 0 Å². The number of nitro benzene ring substituents is 1. The van der Waals surface area contributed by atoms with E-state index >= 15 is 0 Å². The number of anilines is 1. The summed E-state index contributed by atoms with van der Waals surface area (Å²) in [4.78, 5) is 22.2. The first kappa shape index (κ1) is 22.4. The lowest BCUT2D eigenvalue weighted by molar-refractivity contribution is -0.384. The van der Waals surface area contributed by atoms with E-state index < -0.39 is 16.6 Å². The van der Waals surface area contributed by atoms with Crippen LogP contribution in [0.2, 0.25) is 10.0 Å². The van der Waals surface area contributed by atoms with Crippen LogP contribution in [0.15, 0.2) is 59.0 Å². The molecule has 2 aromatic carbocycles. The molecule has 0 saturated heterocycles. The molecule has 1 heterocycles. The van der Waals surface area contributed by atoms with Crippen LogP contribution in [0.4, 0.5) is 15.8 Å². The number of rotatable bonds is 5. The summed E-state index contributed by atoms with van der Waals surface area (Å²) in [5.41, 5.74) is 0.0749. The molecule has 3 aromatic rings. The molecule has 0 aliphatic carbocycles. The Bertz CT molecular complexity index is 1210. The molecule has 0 spiro atoms. The van der Waals surface area contributed by atoms with E-state index in [1.165, 1.54) is 6.08 Å². The molecule has 31 heavy (non-hydrogen) atoms. The smallest absolute Gasteiger partial charge is 0.271 e. The average molecular weight is 480 g/mol. The monoisotopic (exact) mass is 479 g/mol. The number of non-ortho nitro benzene ring substituents is 1. The molecular weight excluding hydrogens is 468 g/mol. The molecule has 0 bridgehead atoms. The standard InChI is InChI=1S/C20H12Cl2FN3O4S/c21-11-1-5-14(15(22)9-11)18-7-3-13(30-18)4-8-19(27)25-20(31)24-17-10-12(26(28)29)2-6-16(17)23/h1-10H,(H2,24,25,27,31)/b8-4+. The molecule has 11 heteroatoms. The van der Waals surface area contributed by atoms with Crippen LogP contribution in [0.3, 0.4) is 0 Å². The van der Waals surface area contributed by atoms with Crippen LogP contribution in [0, 0.1) is 15.9 Å². The molecule has 3 rings (SSSR count). The number of benzene rings is 2. The maximum atomic E-state index is 13.8. The molecular formula is C20H12Cl2FN3O4S. The maximum absolute atomic E-state index is 13.8. The van der Waals surface area contributed by atoms with Crippen molar-refractivity contribution in [3.05, 3.63) is 86.3 Å². The summed E-state index contributed by atoms with van der Waals surface area (Å²) in [7, 11) is 0. The van der Waals surface area contributed by atoms with Crippen molar-refractivity contribution in [3.63, 3.8) is 0 Å². The van der Waals surface area contributed by atoms with Crippen molar-refractivity contribution in [3.8, 4) is 11.3 Å². The molecule has 0 aliphatic rings. The van der Waals surface area contributed by atoms with E-state index in [1.807, 2.05) is 0 Å². The van der Waals surface area contributed by atoms with E-state index in [1.54, 1.807) is 30.3 Å². The number of nitrogens with zero attached hydrogens (tertiary/aromatic N) is 1. The van der Waals surface area contributed by atoms with Crippen LogP contribution < -0.4 is 10.6 Å². The van der Waals surface area contributed by atoms with Gasteiger partial charge in [-0.15, -0.1) is 0 Å². The molecule has 0 atom stereocenters. The second-order valence-corrected chi connectivity index (χ2v) is 7.28. The predicted octanol–water partition coefficient (Wildman–Crippen LogP) is 5.83. The van der Waals surface area contributed by atoms with Crippen molar-refractivity contribution >= 4 is 63.9 Å². The number of hydrogen-bond acceptors (Lipinski definition) is 5. The predicted molar refractivity (Wildman–Crippen MR) is 121 cm³/mol. The van der Waals surface area contributed by atoms with E-state index in [-0.39, 0.29) is 16.5 Å². The van der Waals surface area contributed by atoms with E-state index in [0.29, 0.717) is 27.1 Å². The van der Waals surface area contributed by atoms with Crippen molar-refractivity contribution in [2.45, 2.75) is 0 Å². The van der Waals surface area contributed by atoms with Crippen LogP contribution in [0.5, 0.6) is 0 Å². The summed E-state index contributed by atoms with van der Waals surface area (Å²) >= 11 is 17.0. The highest BCUT2D eigenvalue weighted by Crippen LogP contribution is 2.31. The third-order valence-corrected chi connectivity index (χ3v) is 4.62. The van der Waals surface area contributed by atoms with E-state index in [2.05, 4.69) is 10.6 Å². The number of carbonyl (C=O) groups excluding carboxylic acids is 1. The van der Waals surface area contributed by atoms with Crippen molar-refractivity contribution < 1.29 is 18.5 Å². The summed E-state index contributed by atoms with van der Waals surface area (Å²) in [5.74, 6) is -0.521. The maximum Gasteiger partial charge on any atom is 0.271 e. The molecule has 1 amide bonds. The Kier molecular flexibility index (Phi) is 7.01. The molecule has 7 nitrogen and oxygen atoms in total. The van der Waals surface area contributed by atoms with Gasteiger partial charge in [0.25, 0.3) is 5.69 Å². The van der Waals surface area contributed by atoms with Crippen LogP contribution in [0.25, 0.3) is 17.4 Å². The zero-order chi connectivity index (χ0) is 22.5. The molecule has 158 valence electrons. The van der Waals surface area contributed by atoms with Gasteiger partial charge in [0.15, 0.2) is 5.11 Å². The van der Waals surface area contributed by atoms with Crippen LogP contribution >= 0.6 is 35.4 Å². The molecule has 2 N–H and O–H groups in total. The highest BCUT2D eigenvalue weighted by atomic mass is 35.5. The number of carbonyl (C=O) groups is 1. The van der Waals surface area contributed by atoms with Crippen molar-refractivity contribution in [1.82, 2.24) is 5.32 Å². The van der Waals surface area contributed by atoms with Gasteiger partial charge in [0.1, 0.15) is 17.3 Å².